The van der Waals surface area contributed by atoms with E-state index in [2.05, 4.69) is 106 Å². The zero-order valence-corrected chi connectivity index (χ0v) is 40.4. The van der Waals surface area contributed by atoms with Gasteiger partial charge in [0, 0.05) is 19.3 Å². The van der Waals surface area contributed by atoms with Crippen LogP contribution in [-0.2, 0) is 28.6 Å². The van der Waals surface area contributed by atoms with Crippen molar-refractivity contribution in [2.24, 2.45) is 0 Å². The fraction of sp³-hybridized carbons (Fsp3) is 0.696. The van der Waals surface area contributed by atoms with Gasteiger partial charge < -0.3 is 14.2 Å². The van der Waals surface area contributed by atoms with Crippen LogP contribution in [0.5, 0.6) is 0 Å². The lowest BCUT2D eigenvalue weighted by Crippen LogP contribution is -2.30. The van der Waals surface area contributed by atoms with Gasteiger partial charge in [0.15, 0.2) is 6.10 Å². The van der Waals surface area contributed by atoms with Crippen LogP contribution in [0.2, 0.25) is 0 Å². The van der Waals surface area contributed by atoms with Gasteiger partial charge in [0.05, 0.1) is 0 Å². The summed E-state index contributed by atoms with van der Waals surface area (Å²) in [5.74, 6) is -0.979. The van der Waals surface area contributed by atoms with Crippen LogP contribution in [0.25, 0.3) is 0 Å². The maximum Gasteiger partial charge on any atom is 0.306 e. The number of carbonyl (C=O) groups excluding carboxylic acids is 3. The molecule has 0 saturated heterocycles. The minimum absolute atomic E-state index is 0.103. The predicted molar refractivity (Wildman–Crippen MR) is 265 cm³/mol. The van der Waals surface area contributed by atoms with Gasteiger partial charge >= 0.3 is 17.9 Å². The Bertz CT molecular complexity index is 1220. The summed E-state index contributed by atoms with van der Waals surface area (Å²) in [5.41, 5.74) is 0. The zero-order chi connectivity index (χ0) is 45.1. The summed E-state index contributed by atoms with van der Waals surface area (Å²) in [6.07, 6.45) is 64.2. The third-order valence-corrected chi connectivity index (χ3v) is 10.7. The predicted octanol–water partition coefficient (Wildman–Crippen LogP) is 16.8. The van der Waals surface area contributed by atoms with E-state index in [1.54, 1.807) is 0 Å². The Balaban J connectivity index is 4.49. The van der Waals surface area contributed by atoms with E-state index in [1.807, 2.05) is 0 Å². The first-order chi connectivity index (χ1) is 30.5. The lowest BCUT2D eigenvalue weighted by atomic mass is 10.0. The molecule has 0 spiro atoms. The van der Waals surface area contributed by atoms with E-state index >= 15 is 0 Å². The first-order valence-electron chi connectivity index (χ1n) is 25.6. The number of rotatable bonds is 45. The van der Waals surface area contributed by atoms with Crippen molar-refractivity contribution in [2.75, 3.05) is 13.2 Å². The van der Waals surface area contributed by atoms with Gasteiger partial charge in [-0.15, -0.1) is 0 Å². The Hall–Kier alpha value is -3.41. The molecule has 0 aliphatic heterocycles. The monoisotopic (exact) mass is 863 g/mol. The highest BCUT2D eigenvalue weighted by Gasteiger charge is 2.19. The molecular formula is C56H94O6. The van der Waals surface area contributed by atoms with E-state index in [4.69, 9.17) is 14.2 Å². The molecule has 0 amide bonds. The summed E-state index contributed by atoms with van der Waals surface area (Å²) in [5, 5.41) is 0. The first-order valence-corrected chi connectivity index (χ1v) is 25.6. The molecule has 0 aliphatic rings. The van der Waals surface area contributed by atoms with Crippen LogP contribution >= 0.6 is 0 Å². The van der Waals surface area contributed by atoms with Crippen molar-refractivity contribution in [3.05, 3.63) is 85.1 Å². The van der Waals surface area contributed by atoms with Crippen LogP contribution < -0.4 is 0 Å². The number of unbranched alkanes of at least 4 members (excludes halogenated alkanes) is 22. The fourth-order valence-electron chi connectivity index (χ4n) is 6.85. The second-order valence-corrected chi connectivity index (χ2v) is 16.8. The Morgan fingerprint density at radius 1 is 0.355 bits per heavy atom. The molecule has 0 aromatic heterocycles. The lowest BCUT2D eigenvalue weighted by Gasteiger charge is -2.18. The van der Waals surface area contributed by atoms with Gasteiger partial charge in [-0.05, 0) is 77.0 Å². The van der Waals surface area contributed by atoms with Crippen LogP contribution in [0.15, 0.2) is 85.1 Å². The average molecular weight is 863 g/mol. The van der Waals surface area contributed by atoms with Crippen molar-refractivity contribution in [3.63, 3.8) is 0 Å². The number of hydrogen-bond donors (Lipinski definition) is 0. The molecule has 0 rings (SSSR count). The van der Waals surface area contributed by atoms with Gasteiger partial charge in [-0.25, -0.2) is 0 Å². The molecule has 0 aromatic carbocycles. The SMILES string of the molecule is CC/C=C/C=C/C=C/CCCCCCCC(=O)OCC(COC(=O)CCC/C=C/C/C=C/C/C=C/C/C=C/CCCCC)OC(=O)CCCCCCCCCCCCCCCC. The lowest BCUT2D eigenvalue weighted by molar-refractivity contribution is -0.167. The number of hydrogen-bond acceptors (Lipinski definition) is 6. The molecule has 0 heterocycles. The Labute approximate surface area is 382 Å². The Morgan fingerprint density at radius 3 is 1.21 bits per heavy atom. The van der Waals surface area contributed by atoms with Crippen LogP contribution in [-0.4, -0.2) is 37.2 Å². The Morgan fingerprint density at radius 2 is 0.710 bits per heavy atom. The smallest absolute Gasteiger partial charge is 0.306 e. The summed E-state index contributed by atoms with van der Waals surface area (Å²) in [7, 11) is 0. The Kier molecular flexibility index (Phi) is 47.5. The van der Waals surface area contributed by atoms with Crippen LogP contribution in [0.4, 0.5) is 0 Å². The van der Waals surface area contributed by atoms with Crippen LogP contribution in [0.1, 0.15) is 233 Å². The minimum atomic E-state index is -0.804. The number of esters is 3. The summed E-state index contributed by atoms with van der Waals surface area (Å²) in [4.78, 5) is 37.9. The number of allylic oxidation sites excluding steroid dienone is 14. The van der Waals surface area contributed by atoms with E-state index in [1.165, 1.54) is 96.3 Å². The fourth-order valence-corrected chi connectivity index (χ4v) is 6.85. The summed E-state index contributed by atoms with van der Waals surface area (Å²) in [6.45, 7) is 6.41. The molecule has 0 saturated carbocycles. The van der Waals surface area contributed by atoms with Crippen LogP contribution in [0.3, 0.4) is 0 Å². The molecule has 0 bridgehead atoms. The molecule has 0 radical (unpaired) electrons. The van der Waals surface area contributed by atoms with Crippen molar-refractivity contribution in [1.82, 2.24) is 0 Å². The van der Waals surface area contributed by atoms with E-state index in [0.717, 1.165) is 89.9 Å². The molecule has 6 heteroatoms. The van der Waals surface area contributed by atoms with Gasteiger partial charge in [-0.1, -0.05) is 221 Å². The first kappa shape index (κ1) is 58.6. The van der Waals surface area contributed by atoms with E-state index in [0.29, 0.717) is 19.3 Å². The molecule has 0 aliphatic carbocycles. The largest absolute Gasteiger partial charge is 0.462 e. The quantitative estimate of drug-likeness (QED) is 0.0199. The van der Waals surface area contributed by atoms with Gasteiger partial charge in [-0.2, -0.15) is 0 Å². The van der Waals surface area contributed by atoms with E-state index in [-0.39, 0.29) is 37.5 Å². The molecular weight excluding hydrogens is 769 g/mol. The highest BCUT2D eigenvalue weighted by molar-refractivity contribution is 5.71. The maximum atomic E-state index is 12.8. The molecule has 0 fully saturated rings. The molecule has 1 atom stereocenters. The van der Waals surface area contributed by atoms with Gasteiger partial charge in [-0.3, -0.25) is 14.4 Å². The molecule has 0 N–H and O–H groups in total. The van der Waals surface area contributed by atoms with Crippen molar-refractivity contribution < 1.29 is 28.6 Å². The number of ether oxygens (including phenoxy) is 3. The maximum absolute atomic E-state index is 12.8. The van der Waals surface area contributed by atoms with Gasteiger partial charge in [0.25, 0.3) is 0 Å². The molecule has 1 unspecified atom stereocenters. The molecule has 6 nitrogen and oxygen atoms in total. The second-order valence-electron chi connectivity index (χ2n) is 16.8. The molecule has 354 valence electrons. The minimum Gasteiger partial charge on any atom is -0.462 e. The highest BCUT2D eigenvalue weighted by atomic mass is 16.6. The molecule has 0 aromatic rings. The average Bonchev–Trinajstić information content (AvgIpc) is 3.27. The van der Waals surface area contributed by atoms with Gasteiger partial charge in [0.2, 0.25) is 0 Å². The van der Waals surface area contributed by atoms with Crippen LogP contribution in [0, 0.1) is 0 Å². The third-order valence-electron chi connectivity index (χ3n) is 10.7. The van der Waals surface area contributed by atoms with Crippen molar-refractivity contribution in [1.29, 1.82) is 0 Å². The van der Waals surface area contributed by atoms with Crippen molar-refractivity contribution in [2.45, 2.75) is 239 Å². The molecule has 62 heavy (non-hydrogen) atoms. The topological polar surface area (TPSA) is 78.9 Å². The normalized spacial score (nSPS) is 12.8. The zero-order valence-electron chi connectivity index (χ0n) is 40.4. The summed E-state index contributed by atoms with van der Waals surface area (Å²) in [6, 6.07) is 0. The standard InChI is InChI=1S/C56H94O6/c1-4-7-10-13-16-19-22-25-27-28-29-32-34-37-40-43-46-49-55(58)61-52-53(51-60-54(57)48-45-42-39-36-33-30-24-21-18-15-12-9-6-3)62-56(59)50-47-44-41-38-35-31-26-23-20-17-14-11-8-5-2/h9,12,15-16,18-19,21,24-25,27,29,32,37,40,53H,4-8,10-11,13-14,17,20,22-23,26,28,30-31,33-36,38-39,41-52H2,1-3H3/b12-9+,18-15+,19-16+,24-21+,27-25+,32-29+,40-37+. The van der Waals surface area contributed by atoms with E-state index in [9.17, 15) is 14.4 Å². The van der Waals surface area contributed by atoms with Crippen molar-refractivity contribution >= 4 is 17.9 Å². The second kappa shape index (κ2) is 50.2. The summed E-state index contributed by atoms with van der Waals surface area (Å²) < 4.78 is 16.7. The third kappa shape index (κ3) is 47.6. The van der Waals surface area contributed by atoms with E-state index < -0.39 is 6.10 Å². The van der Waals surface area contributed by atoms with Crippen molar-refractivity contribution in [3.8, 4) is 0 Å². The number of carbonyl (C=O) groups is 3. The highest BCUT2D eigenvalue weighted by Crippen LogP contribution is 2.15. The van der Waals surface area contributed by atoms with Gasteiger partial charge in [0.1, 0.15) is 13.2 Å². The summed E-state index contributed by atoms with van der Waals surface area (Å²) >= 11 is 0.